The van der Waals surface area contributed by atoms with E-state index in [-0.39, 0.29) is 12.4 Å². The molecule has 0 aliphatic carbocycles. The fourth-order valence-corrected chi connectivity index (χ4v) is 3.77. The second-order valence-electron chi connectivity index (χ2n) is 6.11. The number of halogens is 1. The molecule has 0 spiro atoms. The van der Waals surface area contributed by atoms with E-state index in [1.54, 1.807) is 47.8 Å². The lowest BCUT2D eigenvalue weighted by Crippen LogP contribution is -2.28. The van der Waals surface area contributed by atoms with Gasteiger partial charge in [0.15, 0.2) is 16.6 Å². The first-order chi connectivity index (χ1) is 15.0. The largest absolute Gasteiger partial charge is 0.493 e. The lowest BCUT2D eigenvalue weighted by Gasteiger charge is -2.22. The van der Waals surface area contributed by atoms with E-state index < -0.39 is 11.8 Å². The number of benzene rings is 2. The zero-order valence-electron chi connectivity index (χ0n) is 17.0. The van der Waals surface area contributed by atoms with Crippen LogP contribution in [-0.4, -0.2) is 44.9 Å². The van der Waals surface area contributed by atoms with Gasteiger partial charge in [0.25, 0.3) is 11.8 Å². The van der Waals surface area contributed by atoms with Gasteiger partial charge < -0.3 is 19.5 Å². The van der Waals surface area contributed by atoms with Gasteiger partial charge in [0.05, 0.1) is 30.5 Å². The summed E-state index contributed by atoms with van der Waals surface area (Å²) < 4.78 is 15.5. The second-order valence-corrected chi connectivity index (χ2v) is 7.36. The van der Waals surface area contributed by atoms with Gasteiger partial charge in [-0.15, -0.1) is 11.3 Å². The minimum Gasteiger partial charge on any atom is -0.493 e. The van der Waals surface area contributed by atoms with Gasteiger partial charge in [0, 0.05) is 18.6 Å². The van der Waals surface area contributed by atoms with Crippen LogP contribution < -0.4 is 19.7 Å². The van der Waals surface area contributed by atoms with Gasteiger partial charge in [-0.1, -0.05) is 23.7 Å². The number of hydrogen-bond donors (Lipinski definition) is 1. The van der Waals surface area contributed by atoms with Gasteiger partial charge in [0.1, 0.15) is 12.4 Å². The molecule has 0 saturated heterocycles. The summed E-state index contributed by atoms with van der Waals surface area (Å²) in [6.07, 6.45) is 0. The first-order valence-electron chi connectivity index (χ1n) is 9.03. The molecule has 0 atom stereocenters. The van der Waals surface area contributed by atoms with E-state index >= 15 is 0 Å². The maximum atomic E-state index is 13.5. The maximum absolute atomic E-state index is 13.5. The molecule has 0 aliphatic heterocycles. The third kappa shape index (κ3) is 4.96. The van der Waals surface area contributed by atoms with Crippen molar-refractivity contribution < 1.29 is 23.8 Å². The number of aromatic nitrogens is 1. The monoisotopic (exact) mass is 461 g/mol. The fourth-order valence-electron chi connectivity index (χ4n) is 2.73. The minimum absolute atomic E-state index is 0.0453. The van der Waals surface area contributed by atoms with Crippen LogP contribution in [0.1, 0.15) is 20.8 Å². The van der Waals surface area contributed by atoms with E-state index in [2.05, 4.69) is 10.3 Å². The summed E-state index contributed by atoms with van der Waals surface area (Å²) in [6.45, 7) is 0.0453. The maximum Gasteiger partial charge on any atom is 0.272 e. The van der Waals surface area contributed by atoms with Crippen LogP contribution in [0.5, 0.6) is 11.5 Å². The molecule has 0 bridgehead atoms. The van der Waals surface area contributed by atoms with Crippen molar-refractivity contribution in [3.8, 4) is 11.5 Å². The summed E-state index contributed by atoms with van der Waals surface area (Å²) in [5.74, 6) is 0.125. The van der Waals surface area contributed by atoms with Crippen LogP contribution in [0.4, 0.5) is 10.8 Å². The van der Waals surface area contributed by atoms with Crippen LogP contribution in [0.25, 0.3) is 0 Å². The van der Waals surface area contributed by atoms with Crippen molar-refractivity contribution in [1.29, 1.82) is 0 Å². The lowest BCUT2D eigenvalue weighted by atomic mass is 10.1. The number of carbonyl (C=O) groups excluding carboxylic acids is 2. The number of carbonyl (C=O) groups is 2. The second kappa shape index (κ2) is 10.3. The van der Waals surface area contributed by atoms with Gasteiger partial charge in [-0.3, -0.25) is 14.5 Å². The molecule has 1 aromatic heterocycles. The summed E-state index contributed by atoms with van der Waals surface area (Å²) >= 11 is 7.41. The lowest BCUT2D eigenvalue weighted by molar-refractivity contribution is 0.0867. The van der Waals surface area contributed by atoms with Crippen LogP contribution in [0.3, 0.4) is 0 Å². The highest BCUT2D eigenvalue weighted by atomic mass is 35.5. The predicted octanol–water partition coefficient (Wildman–Crippen LogP) is 4.13. The number of amides is 2. The van der Waals surface area contributed by atoms with E-state index in [0.29, 0.717) is 32.9 Å². The smallest absolute Gasteiger partial charge is 0.272 e. The van der Waals surface area contributed by atoms with Crippen LogP contribution in [0, 0.1) is 0 Å². The van der Waals surface area contributed by atoms with Gasteiger partial charge >= 0.3 is 0 Å². The molecule has 31 heavy (non-hydrogen) atoms. The van der Waals surface area contributed by atoms with Crippen LogP contribution in [0.15, 0.2) is 47.8 Å². The highest BCUT2D eigenvalue weighted by Crippen LogP contribution is 2.37. The number of anilines is 2. The molecule has 2 aromatic carbocycles. The van der Waals surface area contributed by atoms with Crippen molar-refractivity contribution in [1.82, 2.24) is 10.3 Å². The number of ether oxygens (including phenoxy) is 3. The third-order valence-electron chi connectivity index (χ3n) is 4.23. The molecular weight excluding hydrogens is 442 g/mol. The molecule has 1 heterocycles. The Morgan fingerprint density at radius 3 is 2.52 bits per heavy atom. The number of thiazole rings is 1. The van der Waals surface area contributed by atoms with Crippen molar-refractivity contribution in [3.05, 3.63) is 64.1 Å². The van der Waals surface area contributed by atoms with Gasteiger partial charge in [-0.05, 0) is 24.3 Å². The zero-order valence-corrected chi connectivity index (χ0v) is 18.6. The Kier molecular flexibility index (Phi) is 7.45. The van der Waals surface area contributed by atoms with Crippen molar-refractivity contribution in [2.24, 2.45) is 0 Å². The highest BCUT2D eigenvalue weighted by molar-refractivity contribution is 7.14. The normalized spacial score (nSPS) is 10.5. The molecule has 0 fully saturated rings. The Bertz CT molecular complexity index is 1090. The van der Waals surface area contributed by atoms with Crippen molar-refractivity contribution >= 4 is 45.6 Å². The molecule has 162 valence electrons. The van der Waals surface area contributed by atoms with Gasteiger partial charge in [-0.2, -0.15) is 0 Å². The topological polar surface area (TPSA) is 90.0 Å². The highest BCUT2D eigenvalue weighted by Gasteiger charge is 2.26. The Hall–Kier alpha value is -3.14. The number of nitrogens with one attached hydrogen (secondary N) is 1. The molecule has 3 rings (SSSR count). The molecule has 2 amide bonds. The van der Waals surface area contributed by atoms with Crippen molar-refractivity contribution in [2.45, 2.75) is 0 Å². The molecule has 0 aliphatic rings. The Labute approximate surface area is 188 Å². The molecule has 1 N–H and O–H groups in total. The number of methoxy groups -OCH3 is 3. The zero-order chi connectivity index (χ0) is 22.4. The Balaban J connectivity index is 2.08. The number of nitrogens with zero attached hydrogens (tertiary/aromatic N) is 2. The first-order valence-corrected chi connectivity index (χ1v) is 10.3. The van der Waals surface area contributed by atoms with E-state index in [0.717, 1.165) is 11.3 Å². The first kappa shape index (κ1) is 22.5. The summed E-state index contributed by atoms with van der Waals surface area (Å²) in [5.41, 5.74) is 0.926. The quantitative estimate of drug-likeness (QED) is 0.507. The van der Waals surface area contributed by atoms with Gasteiger partial charge in [0.2, 0.25) is 0 Å². The van der Waals surface area contributed by atoms with Crippen LogP contribution in [0.2, 0.25) is 5.02 Å². The standard InChI is InChI=1S/C21H20ClN3O5S/c1-28-12-23-19(26)16-11-31-21(24-16)25(20(27)14-6-4-5-7-15(14)22)13-8-9-17(29-2)18(10-13)30-3/h4-11H,12H2,1-3H3,(H,23,26). The number of rotatable bonds is 8. The summed E-state index contributed by atoms with van der Waals surface area (Å²) in [7, 11) is 4.49. The van der Waals surface area contributed by atoms with E-state index in [1.165, 1.54) is 26.2 Å². The molecule has 0 unspecified atom stereocenters. The summed E-state index contributed by atoms with van der Waals surface area (Å²) in [5, 5.41) is 4.72. The van der Waals surface area contributed by atoms with Gasteiger partial charge in [-0.25, -0.2) is 4.98 Å². The third-order valence-corrected chi connectivity index (χ3v) is 5.38. The molecule has 8 nitrogen and oxygen atoms in total. The fraction of sp³-hybridized carbons (Fsp3) is 0.190. The molecule has 0 saturated carbocycles. The van der Waals surface area contributed by atoms with E-state index in [1.807, 2.05) is 0 Å². The summed E-state index contributed by atoms with van der Waals surface area (Å²) in [4.78, 5) is 31.5. The van der Waals surface area contributed by atoms with Crippen LogP contribution in [-0.2, 0) is 4.74 Å². The SMILES string of the molecule is COCNC(=O)c1csc(N(C(=O)c2ccccc2Cl)c2ccc(OC)c(OC)c2)n1. The van der Waals surface area contributed by atoms with Crippen molar-refractivity contribution in [3.63, 3.8) is 0 Å². The minimum atomic E-state index is -0.415. The average Bonchev–Trinajstić information content (AvgIpc) is 3.27. The number of hydrogen-bond acceptors (Lipinski definition) is 7. The Morgan fingerprint density at radius 1 is 1.10 bits per heavy atom. The van der Waals surface area contributed by atoms with Crippen LogP contribution >= 0.6 is 22.9 Å². The van der Waals surface area contributed by atoms with E-state index in [9.17, 15) is 9.59 Å². The Morgan fingerprint density at radius 2 is 1.84 bits per heavy atom. The molecular formula is C21H20ClN3O5S. The summed E-state index contributed by atoms with van der Waals surface area (Å²) in [6, 6.07) is 11.7. The van der Waals surface area contributed by atoms with E-state index in [4.69, 9.17) is 25.8 Å². The molecule has 3 aromatic rings. The molecule has 10 heteroatoms. The average molecular weight is 462 g/mol. The molecule has 0 radical (unpaired) electrons. The van der Waals surface area contributed by atoms with Crippen molar-refractivity contribution in [2.75, 3.05) is 33.0 Å². The predicted molar refractivity (Wildman–Crippen MR) is 119 cm³/mol.